The van der Waals surface area contributed by atoms with Gasteiger partial charge in [-0.1, -0.05) is 65.1 Å². The highest BCUT2D eigenvalue weighted by Crippen LogP contribution is 2.27. The fraction of sp³-hybridized carbons (Fsp3) is 0. The number of rotatable bonds is 4. The van der Waals surface area contributed by atoms with E-state index in [1.54, 1.807) is 48.5 Å². The van der Waals surface area contributed by atoms with Crippen LogP contribution in [-0.2, 0) is 0 Å². The monoisotopic (exact) mass is 418 g/mol. The first-order valence-corrected chi connectivity index (χ1v) is 9.00. The van der Waals surface area contributed by atoms with E-state index in [1.165, 1.54) is 12.1 Å². The number of hydrogen-bond donors (Lipinski definition) is 2. The molecule has 3 rings (SSSR count). The lowest BCUT2D eigenvalue weighted by Gasteiger charge is -2.13. The lowest BCUT2D eigenvalue weighted by Crippen LogP contribution is -2.21. The van der Waals surface area contributed by atoms with E-state index in [1.807, 2.05) is 6.07 Å². The standard InChI is InChI=1S/C20H13Cl3N2O2/c21-13-6-8-17(15(10-13)19(26)12-4-2-1-3-5-12)24-20(27)25-18-9-7-14(22)11-16(18)23/h1-11H,(H2,24,25,27). The Morgan fingerprint density at radius 2 is 1.30 bits per heavy atom. The molecule has 136 valence electrons. The molecule has 0 aliphatic heterocycles. The second-order valence-electron chi connectivity index (χ2n) is 5.59. The molecule has 2 amide bonds. The molecule has 3 aromatic rings. The third kappa shape index (κ3) is 4.80. The maximum Gasteiger partial charge on any atom is 0.323 e. The van der Waals surface area contributed by atoms with Gasteiger partial charge in [-0.3, -0.25) is 4.79 Å². The number of carbonyl (C=O) groups excluding carboxylic acids is 2. The van der Waals surface area contributed by atoms with Crippen LogP contribution in [0.25, 0.3) is 0 Å². The van der Waals surface area contributed by atoms with Gasteiger partial charge in [0.15, 0.2) is 5.78 Å². The third-order valence-corrected chi connectivity index (χ3v) is 4.47. The van der Waals surface area contributed by atoms with Crippen LogP contribution in [0.15, 0.2) is 66.7 Å². The van der Waals surface area contributed by atoms with Gasteiger partial charge in [0.2, 0.25) is 0 Å². The van der Waals surface area contributed by atoms with E-state index in [9.17, 15) is 9.59 Å². The summed E-state index contributed by atoms with van der Waals surface area (Å²) in [5.74, 6) is -0.252. The van der Waals surface area contributed by atoms with Crippen LogP contribution in [0.1, 0.15) is 15.9 Å². The molecule has 4 nitrogen and oxygen atoms in total. The Kier molecular flexibility index (Phi) is 6.01. The second-order valence-corrected chi connectivity index (χ2v) is 6.87. The number of carbonyl (C=O) groups is 2. The number of hydrogen-bond acceptors (Lipinski definition) is 2. The normalized spacial score (nSPS) is 10.3. The van der Waals surface area contributed by atoms with E-state index in [2.05, 4.69) is 10.6 Å². The highest BCUT2D eigenvalue weighted by Gasteiger charge is 2.16. The zero-order chi connectivity index (χ0) is 19.4. The summed E-state index contributed by atoms with van der Waals surface area (Å²) < 4.78 is 0. The van der Waals surface area contributed by atoms with Crippen LogP contribution in [0.3, 0.4) is 0 Å². The summed E-state index contributed by atoms with van der Waals surface area (Å²) in [6.45, 7) is 0. The van der Waals surface area contributed by atoms with Gasteiger partial charge in [0.1, 0.15) is 0 Å². The van der Waals surface area contributed by atoms with Crippen molar-refractivity contribution in [2.24, 2.45) is 0 Å². The summed E-state index contributed by atoms with van der Waals surface area (Å²) in [7, 11) is 0. The molecule has 0 fully saturated rings. The van der Waals surface area contributed by atoms with Gasteiger partial charge in [0, 0.05) is 21.2 Å². The minimum absolute atomic E-state index is 0.252. The summed E-state index contributed by atoms with van der Waals surface area (Å²) in [5.41, 5.74) is 1.49. The van der Waals surface area contributed by atoms with E-state index in [-0.39, 0.29) is 11.3 Å². The lowest BCUT2D eigenvalue weighted by molar-refractivity contribution is 0.103. The number of ketones is 1. The molecular weight excluding hydrogens is 407 g/mol. The molecule has 0 aliphatic carbocycles. The molecule has 0 saturated heterocycles. The Bertz CT molecular complexity index is 1010. The topological polar surface area (TPSA) is 58.2 Å². The number of benzene rings is 3. The quantitative estimate of drug-likeness (QED) is 0.473. The molecule has 0 radical (unpaired) electrons. The van der Waals surface area contributed by atoms with E-state index in [0.717, 1.165) is 0 Å². The van der Waals surface area contributed by atoms with Crippen molar-refractivity contribution in [1.82, 2.24) is 0 Å². The van der Waals surface area contributed by atoms with Gasteiger partial charge in [-0.15, -0.1) is 0 Å². The average molecular weight is 420 g/mol. The van der Waals surface area contributed by atoms with Crippen LogP contribution < -0.4 is 10.6 Å². The van der Waals surface area contributed by atoms with E-state index in [0.29, 0.717) is 32.0 Å². The van der Waals surface area contributed by atoms with Crippen LogP contribution in [0.2, 0.25) is 15.1 Å². The van der Waals surface area contributed by atoms with Gasteiger partial charge in [-0.2, -0.15) is 0 Å². The predicted octanol–water partition coefficient (Wildman–Crippen LogP) is 6.52. The van der Waals surface area contributed by atoms with Crippen LogP contribution in [0, 0.1) is 0 Å². The largest absolute Gasteiger partial charge is 0.323 e. The molecule has 0 saturated carbocycles. The van der Waals surface area contributed by atoms with Crippen LogP contribution in [0.4, 0.5) is 16.2 Å². The summed E-state index contributed by atoms with van der Waals surface area (Å²) >= 11 is 17.9. The third-order valence-electron chi connectivity index (χ3n) is 3.69. The molecule has 2 N–H and O–H groups in total. The molecule has 0 heterocycles. The van der Waals surface area contributed by atoms with Gasteiger partial charge in [-0.05, 0) is 36.4 Å². The molecule has 0 spiro atoms. The maximum atomic E-state index is 12.8. The molecule has 0 bridgehead atoms. The van der Waals surface area contributed by atoms with Crippen molar-refractivity contribution in [3.63, 3.8) is 0 Å². The Labute approximate surface area is 171 Å². The van der Waals surface area contributed by atoms with Crippen molar-refractivity contribution in [3.05, 3.63) is 92.9 Å². The number of halogens is 3. The van der Waals surface area contributed by atoms with E-state index < -0.39 is 6.03 Å². The van der Waals surface area contributed by atoms with Crippen molar-refractivity contribution in [3.8, 4) is 0 Å². The summed E-state index contributed by atoms with van der Waals surface area (Å²) in [5, 5.41) is 6.43. The lowest BCUT2D eigenvalue weighted by atomic mass is 10.0. The van der Waals surface area contributed by atoms with Crippen LogP contribution in [-0.4, -0.2) is 11.8 Å². The molecule has 0 atom stereocenters. The molecule has 0 aliphatic rings. The SMILES string of the molecule is O=C(Nc1ccc(Cl)cc1Cl)Nc1ccc(Cl)cc1C(=O)c1ccccc1. The summed E-state index contributed by atoms with van der Waals surface area (Å²) in [6, 6.07) is 17.6. The molecule has 0 aromatic heterocycles. The Balaban J connectivity index is 1.84. The molecule has 0 unspecified atom stereocenters. The highest BCUT2D eigenvalue weighted by molar-refractivity contribution is 6.36. The number of amides is 2. The minimum atomic E-state index is -0.552. The van der Waals surface area contributed by atoms with Gasteiger partial charge in [0.05, 0.1) is 16.4 Å². The molecular formula is C20H13Cl3N2O2. The van der Waals surface area contributed by atoms with Crippen molar-refractivity contribution >= 4 is 58.0 Å². The number of nitrogens with one attached hydrogen (secondary N) is 2. The predicted molar refractivity (Wildman–Crippen MR) is 110 cm³/mol. The second kappa shape index (κ2) is 8.44. The molecule has 7 heteroatoms. The Hall–Kier alpha value is -2.53. The zero-order valence-corrected chi connectivity index (χ0v) is 16.1. The Morgan fingerprint density at radius 3 is 1.96 bits per heavy atom. The minimum Gasteiger partial charge on any atom is -0.307 e. The Morgan fingerprint density at radius 1 is 0.704 bits per heavy atom. The van der Waals surface area contributed by atoms with Crippen molar-refractivity contribution < 1.29 is 9.59 Å². The van der Waals surface area contributed by atoms with E-state index in [4.69, 9.17) is 34.8 Å². The van der Waals surface area contributed by atoms with Gasteiger partial charge < -0.3 is 10.6 Å². The first kappa shape index (κ1) is 19.2. The maximum absolute atomic E-state index is 12.8. The van der Waals surface area contributed by atoms with Crippen molar-refractivity contribution in [2.75, 3.05) is 10.6 Å². The summed E-state index contributed by atoms with van der Waals surface area (Å²) in [6.07, 6.45) is 0. The molecule has 27 heavy (non-hydrogen) atoms. The van der Waals surface area contributed by atoms with Crippen molar-refractivity contribution in [1.29, 1.82) is 0 Å². The first-order valence-electron chi connectivity index (χ1n) is 7.86. The zero-order valence-electron chi connectivity index (χ0n) is 13.8. The molecule has 3 aromatic carbocycles. The van der Waals surface area contributed by atoms with Gasteiger partial charge >= 0.3 is 6.03 Å². The van der Waals surface area contributed by atoms with Crippen molar-refractivity contribution in [2.45, 2.75) is 0 Å². The van der Waals surface area contributed by atoms with E-state index >= 15 is 0 Å². The number of anilines is 2. The fourth-order valence-corrected chi connectivity index (χ4v) is 3.05. The van der Waals surface area contributed by atoms with Gasteiger partial charge in [-0.25, -0.2) is 4.79 Å². The highest BCUT2D eigenvalue weighted by atomic mass is 35.5. The van der Waals surface area contributed by atoms with Gasteiger partial charge in [0.25, 0.3) is 0 Å². The number of urea groups is 1. The average Bonchev–Trinajstić information content (AvgIpc) is 2.65. The summed E-state index contributed by atoms with van der Waals surface area (Å²) in [4.78, 5) is 25.1. The van der Waals surface area contributed by atoms with Crippen LogP contribution >= 0.6 is 34.8 Å². The first-order chi connectivity index (χ1) is 12.9. The smallest absolute Gasteiger partial charge is 0.307 e. The fourth-order valence-electron chi connectivity index (χ4n) is 2.43. The van der Waals surface area contributed by atoms with Crippen LogP contribution in [0.5, 0.6) is 0 Å².